The molecule has 0 unspecified atom stereocenters. The third kappa shape index (κ3) is 5.72. The van der Waals surface area contributed by atoms with Crippen LogP contribution in [0, 0.1) is 5.82 Å². The van der Waals surface area contributed by atoms with Gasteiger partial charge in [0.2, 0.25) is 11.8 Å². The summed E-state index contributed by atoms with van der Waals surface area (Å²) < 4.78 is 16.4. The number of rotatable bonds is 9. The molecule has 4 rings (SSSR count). The van der Waals surface area contributed by atoms with E-state index in [0.717, 1.165) is 10.1 Å². The second-order valence-electron chi connectivity index (χ2n) is 7.85. The topological polar surface area (TPSA) is 102 Å². The van der Waals surface area contributed by atoms with Gasteiger partial charge in [-0.15, -0.1) is 11.3 Å². The van der Waals surface area contributed by atoms with E-state index in [0.29, 0.717) is 16.8 Å². The zero-order chi connectivity index (χ0) is 24.8. The Kier molecular flexibility index (Phi) is 7.51. The van der Waals surface area contributed by atoms with Gasteiger partial charge in [-0.3, -0.25) is 23.5 Å². The minimum absolute atomic E-state index is 0.00180. The van der Waals surface area contributed by atoms with Gasteiger partial charge in [-0.25, -0.2) is 9.18 Å². The van der Waals surface area contributed by atoms with Crippen LogP contribution in [0.2, 0.25) is 0 Å². The van der Waals surface area contributed by atoms with Crippen LogP contribution < -0.4 is 21.9 Å². The summed E-state index contributed by atoms with van der Waals surface area (Å²) >= 11 is 1.17. The van der Waals surface area contributed by atoms with Crippen molar-refractivity contribution in [2.24, 2.45) is 0 Å². The molecule has 0 radical (unpaired) electrons. The Bertz CT molecular complexity index is 1480. The quantitative estimate of drug-likeness (QED) is 0.373. The van der Waals surface area contributed by atoms with E-state index in [4.69, 9.17) is 0 Å². The summed E-state index contributed by atoms with van der Waals surface area (Å²) in [6.07, 6.45) is 0.406. The second kappa shape index (κ2) is 10.9. The van der Waals surface area contributed by atoms with Gasteiger partial charge >= 0.3 is 5.69 Å². The third-order valence-corrected chi connectivity index (χ3v) is 6.30. The first-order valence-electron chi connectivity index (χ1n) is 11.0. The van der Waals surface area contributed by atoms with E-state index in [1.165, 1.54) is 34.1 Å². The number of thiophene rings is 1. The predicted octanol–water partition coefficient (Wildman–Crippen LogP) is 3.10. The van der Waals surface area contributed by atoms with Crippen LogP contribution >= 0.6 is 11.3 Å². The molecule has 2 aromatic carbocycles. The lowest BCUT2D eigenvalue weighted by Crippen LogP contribution is -2.41. The summed E-state index contributed by atoms with van der Waals surface area (Å²) in [5.41, 5.74) is 0.189. The molecule has 0 saturated heterocycles. The first kappa shape index (κ1) is 24.1. The Morgan fingerprint density at radius 2 is 1.66 bits per heavy atom. The Hall–Kier alpha value is -4.05. The molecule has 0 saturated carbocycles. The summed E-state index contributed by atoms with van der Waals surface area (Å²) in [7, 11) is 0. The number of amides is 2. The first-order valence-corrected chi connectivity index (χ1v) is 11.9. The maximum atomic E-state index is 13.9. The van der Waals surface area contributed by atoms with Gasteiger partial charge in [0.25, 0.3) is 5.56 Å². The fourth-order valence-electron chi connectivity index (χ4n) is 3.66. The number of carbonyl (C=O) groups is 2. The molecule has 35 heavy (non-hydrogen) atoms. The summed E-state index contributed by atoms with van der Waals surface area (Å²) in [6, 6.07) is 16.8. The Morgan fingerprint density at radius 1 is 0.914 bits per heavy atom. The van der Waals surface area contributed by atoms with Crippen molar-refractivity contribution in [3.63, 3.8) is 0 Å². The fraction of sp³-hybridized carbons (Fsp3) is 0.200. The molecule has 2 N–H and O–H groups in total. The normalized spacial score (nSPS) is 10.9. The highest BCUT2D eigenvalue weighted by Gasteiger charge is 2.17. The van der Waals surface area contributed by atoms with Gasteiger partial charge in [-0.05, 0) is 35.6 Å². The van der Waals surface area contributed by atoms with Crippen molar-refractivity contribution in [3.05, 3.63) is 98.3 Å². The molecule has 2 heterocycles. The van der Waals surface area contributed by atoms with Gasteiger partial charge in [0, 0.05) is 19.5 Å². The number of aromatic nitrogens is 2. The van der Waals surface area contributed by atoms with Crippen molar-refractivity contribution >= 4 is 39.1 Å². The molecule has 0 aliphatic carbocycles. The lowest BCUT2D eigenvalue weighted by Gasteiger charge is -2.13. The van der Waals surface area contributed by atoms with Crippen molar-refractivity contribution < 1.29 is 14.0 Å². The average molecular weight is 495 g/mol. The van der Waals surface area contributed by atoms with Crippen LogP contribution in [0.4, 0.5) is 10.1 Å². The van der Waals surface area contributed by atoms with Crippen LogP contribution in [0.5, 0.6) is 0 Å². The molecule has 0 atom stereocenters. The lowest BCUT2D eigenvalue weighted by molar-refractivity contribution is -0.121. The molecular weight excluding hydrogens is 471 g/mol. The number of hydrogen-bond acceptors (Lipinski definition) is 5. The first-order chi connectivity index (χ1) is 16.9. The van der Waals surface area contributed by atoms with Gasteiger partial charge in [0.05, 0.1) is 11.2 Å². The van der Waals surface area contributed by atoms with Crippen molar-refractivity contribution in [2.75, 3.05) is 5.32 Å². The lowest BCUT2D eigenvalue weighted by atomic mass is 10.2. The molecule has 8 nitrogen and oxygen atoms in total. The number of para-hydroxylation sites is 1. The minimum Gasteiger partial charge on any atom is -0.352 e. The van der Waals surface area contributed by atoms with Gasteiger partial charge in [-0.1, -0.05) is 42.5 Å². The van der Waals surface area contributed by atoms with Crippen LogP contribution in [0.15, 0.2) is 75.6 Å². The molecule has 0 aliphatic heterocycles. The van der Waals surface area contributed by atoms with E-state index >= 15 is 0 Å². The number of benzene rings is 2. The Labute approximate surface area is 203 Å². The second-order valence-corrected chi connectivity index (χ2v) is 8.77. The van der Waals surface area contributed by atoms with Gasteiger partial charge in [0.15, 0.2) is 0 Å². The number of halogens is 1. The van der Waals surface area contributed by atoms with E-state index in [1.54, 1.807) is 17.5 Å². The Balaban J connectivity index is 1.46. The monoisotopic (exact) mass is 494 g/mol. The van der Waals surface area contributed by atoms with Crippen LogP contribution in [0.3, 0.4) is 0 Å². The maximum Gasteiger partial charge on any atom is 0.332 e. The SMILES string of the molecule is O=C(CCCn1c(=O)c2sccc2n(CC(=O)Nc2ccccc2F)c1=O)NCc1ccccc1. The molecule has 4 aromatic rings. The summed E-state index contributed by atoms with van der Waals surface area (Å²) in [5, 5.41) is 6.93. The zero-order valence-corrected chi connectivity index (χ0v) is 19.5. The van der Waals surface area contributed by atoms with Crippen molar-refractivity contribution in [3.8, 4) is 0 Å². The van der Waals surface area contributed by atoms with Crippen LogP contribution in [-0.2, 0) is 29.2 Å². The Morgan fingerprint density at radius 3 is 2.43 bits per heavy atom. The molecular formula is C25H23FN4O4S. The fourth-order valence-corrected chi connectivity index (χ4v) is 4.50. The third-order valence-electron chi connectivity index (χ3n) is 5.40. The molecule has 10 heteroatoms. The van der Waals surface area contributed by atoms with E-state index in [9.17, 15) is 23.6 Å². The molecule has 2 amide bonds. The highest BCUT2D eigenvalue weighted by Crippen LogP contribution is 2.16. The molecule has 0 fully saturated rings. The summed E-state index contributed by atoms with van der Waals surface area (Å²) in [5.74, 6) is -1.39. The van der Waals surface area contributed by atoms with E-state index in [1.807, 2.05) is 30.3 Å². The maximum absolute atomic E-state index is 13.9. The van der Waals surface area contributed by atoms with E-state index in [2.05, 4.69) is 10.6 Å². The van der Waals surface area contributed by atoms with Gasteiger partial charge in [-0.2, -0.15) is 0 Å². The van der Waals surface area contributed by atoms with Crippen molar-refractivity contribution in [2.45, 2.75) is 32.5 Å². The standard InChI is InChI=1S/C25H23FN4O4S/c26-18-9-4-5-10-19(18)28-22(32)16-30-20-12-14-35-23(20)24(33)29(25(30)34)13-6-11-21(31)27-15-17-7-2-1-3-8-17/h1-5,7-10,12,14H,6,11,13,15-16H2,(H,27,31)(H,28,32). The number of anilines is 1. The zero-order valence-electron chi connectivity index (χ0n) is 18.7. The van der Waals surface area contributed by atoms with E-state index < -0.39 is 29.5 Å². The van der Waals surface area contributed by atoms with Crippen molar-refractivity contribution in [1.82, 2.24) is 14.5 Å². The van der Waals surface area contributed by atoms with Crippen molar-refractivity contribution in [1.29, 1.82) is 0 Å². The van der Waals surface area contributed by atoms with Gasteiger partial charge < -0.3 is 10.6 Å². The highest BCUT2D eigenvalue weighted by molar-refractivity contribution is 7.17. The highest BCUT2D eigenvalue weighted by atomic mass is 32.1. The summed E-state index contributed by atoms with van der Waals surface area (Å²) in [6.45, 7) is 0.0299. The molecule has 0 aliphatic rings. The van der Waals surface area contributed by atoms with Crippen LogP contribution in [0.1, 0.15) is 18.4 Å². The molecule has 2 aromatic heterocycles. The number of hydrogen-bond donors (Lipinski definition) is 2. The van der Waals surface area contributed by atoms with E-state index in [-0.39, 0.29) is 31.0 Å². The van der Waals surface area contributed by atoms with Crippen LogP contribution in [0.25, 0.3) is 10.2 Å². The minimum atomic E-state index is -0.658. The van der Waals surface area contributed by atoms with Crippen LogP contribution in [-0.4, -0.2) is 20.9 Å². The predicted molar refractivity (Wildman–Crippen MR) is 133 cm³/mol. The smallest absolute Gasteiger partial charge is 0.332 e. The molecule has 0 bridgehead atoms. The average Bonchev–Trinajstić information content (AvgIpc) is 3.35. The number of carbonyl (C=O) groups excluding carboxylic acids is 2. The summed E-state index contributed by atoms with van der Waals surface area (Å²) in [4.78, 5) is 50.8. The number of nitrogens with one attached hydrogen (secondary N) is 2. The number of nitrogens with zero attached hydrogens (tertiary/aromatic N) is 2. The number of fused-ring (bicyclic) bond motifs is 1. The largest absolute Gasteiger partial charge is 0.352 e. The van der Waals surface area contributed by atoms with Gasteiger partial charge in [0.1, 0.15) is 17.1 Å². The molecule has 180 valence electrons. The molecule has 0 spiro atoms.